The summed E-state index contributed by atoms with van der Waals surface area (Å²) in [4.78, 5) is 37.1. The van der Waals surface area contributed by atoms with Gasteiger partial charge in [-0.05, 0) is 13.3 Å². The van der Waals surface area contributed by atoms with Crippen LogP contribution in [-0.4, -0.2) is 52.5 Å². The number of nitrogens with one attached hydrogen (secondary N) is 2. The van der Waals surface area contributed by atoms with Crippen LogP contribution in [0.1, 0.15) is 26.5 Å². The first-order valence-electron chi connectivity index (χ1n) is 7.74. The van der Waals surface area contributed by atoms with E-state index in [0.717, 1.165) is 4.57 Å². The van der Waals surface area contributed by atoms with Crippen LogP contribution in [0.25, 0.3) is 0 Å². The first kappa shape index (κ1) is 15.9. The summed E-state index contributed by atoms with van der Waals surface area (Å²) in [6.45, 7) is 2.71. The third-order valence-corrected chi connectivity index (χ3v) is 3.69. The molecule has 0 unspecified atom stereocenters. The van der Waals surface area contributed by atoms with Crippen LogP contribution in [0.15, 0.2) is 15.8 Å². The average molecular weight is 328 g/mol. The van der Waals surface area contributed by atoms with Crippen molar-refractivity contribution >= 4 is 5.91 Å². The van der Waals surface area contributed by atoms with Crippen molar-refractivity contribution in [3.8, 4) is 0 Å². The molecule has 9 nitrogen and oxygen atoms in total. The van der Waals surface area contributed by atoms with Gasteiger partial charge >= 0.3 is 5.69 Å². The highest BCUT2D eigenvalue weighted by Crippen LogP contribution is 2.32. The van der Waals surface area contributed by atoms with E-state index in [2.05, 4.69) is 10.3 Å². The van der Waals surface area contributed by atoms with E-state index in [1.807, 2.05) is 0 Å². The smallest absolute Gasteiger partial charge is 0.330 e. The summed E-state index contributed by atoms with van der Waals surface area (Å²) in [6.07, 6.45) is -3.69. The largest absolute Gasteiger partial charge is 0.388 e. The first-order valence-corrected chi connectivity index (χ1v) is 7.16. The fourth-order valence-electron chi connectivity index (χ4n) is 2.37. The minimum atomic E-state index is -1.20. The zero-order valence-electron chi connectivity index (χ0n) is 14.1. The van der Waals surface area contributed by atoms with Gasteiger partial charge in [0.15, 0.2) is 6.23 Å². The van der Waals surface area contributed by atoms with Gasteiger partial charge in [0.05, 0.1) is 6.10 Å². The normalized spacial score (nSPS) is 29.1. The minimum Gasteiger partial charge on any atom is -0.388 e. The summed E-state index contributed by atoms with van der Waals surface area (Å²) >= 11 is 0. The molecule has 1 amide bonds. The monoisotopic (exact) mass is 328 g/mol. The molecule has 5 atom stereocenters. The summed E-state index contributed by atoms with van der Waals surface area (Å²) in [5, 5.41) is 12.7. The van der Waals surface area contributed by atoms with Crippen molar-refractivity contribution in [2.45, 2.75) is 44.8 Å². The summed E-state index contributed by atoms with van der Waals surface area (Å²) in [5.41, 5.74) is -0.974. The second kappa shape index (κ2) is 7.07. The standard InChI is InChI=1S/C14H21N3O6/c1-4-8-10(19)11(22-6-9(18)15-3)13(23-8)17-5-7(2)12(20)16-14(17)21/h5,8,10-11,13,19H,4,6H2,1-3H3,(H,15,18)(H,16,20,21)/t8-,10-,11-,13-/m1/s1/i4D/t4-,8+,10+,11+,13+/m0. The van der Waals surface area contributed by atoms with Gasteiger partial charge in [-0.15, -0.1) is 0 Å². The Morgan fingerprint density at radius 2 is 2.30 bits per heavy atom. The Bertz CT molecular complexity index is 715. The van der Waals surface area contributed by atoms with Gasteiger partial charge in [0, 0.05) is 20.2 Å². The number of rotatable bonds is 5. The van der Waals surface area contributed by atoms with Crippen LogP contribution >= 0.6 is 0 Å². The lowest BCUT2D eigenvalue weighted by molar-refractivity contribution is -0.132. The molecule has 9 heteroatoms. The molecule has 128 valence electrons. The zero-order chi connectivity index (χ0) is 18.0. The Balaban J connectivity index is 2.37. The van der Waals surface area contributed by atoms with Crippen molar-refractivity contribution in [3.63, 3.8) is 0 Å². The molecule has 1 aromatic rings. The van der Waals surface area contributed by atoms with Gasteiger partial charge in [-0.2, -0.15) is 0 Å². The molecule has 0 aliphatic carbocycles. The fourth-order valence-corrected chi connectivity index (χ4v) is 2.37. The van der Waals surface area contributed by atoms with Crippen LogP contribution in [-0.2, 0) is 14.3 Å². The molecule has 0 saturated carbocycles. The maximum Gasteiger partial charge on any atom is 0.330 e. The summed E-state index contributed by atoms with van der Waals surface area (Å²) < 4.78 is 19.9. The molecule has 1 aliphatic rings. The molecule has 1 fully saturated rings. The molecule has 1 saturated heterocycles. The van der Waals surface area contributed by atoms with Crippen LogP contribution in [0.2, 0.25) is 0 Å². The summed E-state index contributed by atoms with van der Waals surface area (Å²) in [6, 6.07) is 0. The number of amides is 1. The van der Waals surface area contributed by atoms with Crippen molar-refractivity contribution in [2.75, 3.05) is 13.7 Å². The lowest BCUT2D eigenvalue weighted by Gasteiger charge is -2.22. The highest BCUT2D eigenvalue weighted by atomic mass is 16.6. The average Bonchev–Trinajstić information content (AvgIpc) is 2.85. The van der Waals surface area contributed by atoms with Gasteiger partial charge in [0.1, 0.15) is 18.8 Å². The summed E-state index contributed by atoms with van der Waals surface area (Å²) in [7, 11) is 1.44. The number of ether oxygens (including phenoxy) is 2. The van der Waals surface area contributed by atoms with Crippen LogP contribution in [0.5, 0.6) is 0 Å². The Kier molecular flexibility index (Phi) is 4.89. The van der Waals surface area contributed by atoms with Crippen LogP contribution < -0.4 is 16.6 Å². The predicted molar refractivity (Wildman–Crippen MR) is 80.1 cm³/mol. The van der Waals surface area contributed by atoms with Crippen molar-refractivity contribution in [3.05, 3.63) is 32.6 Å². The second-order valence-corrected chi connectivity index (χ2v) is 5.24. The molecular formula is C14H21N3O6. The van der Waals surface area contributed by atoms with Gasteiger partial charge in [-0.25, -0.2) is 4.79 Å². The van der Waals surface area contributed by atoms with E-state index in [0.29, 0.717) is 0 Å². The number of hydrogen-bond donors (Lipinski definition) is 3. The number of aliphatic hydroxyl groups excluding tert-OH is 1. The topological polar surface area (TPSA) is 123 Å². The van der Waals surface area contributed by atoms with Crippen LogP contribution in [0.4, 0.5) is 0 Å². The molecular weight excluding hydrogens is 306 g/mol. The number of aromatic amines is 1. The Hall–Kier alpha value is -1.97. The van der Waals surface area contributed by atoms with Gasteiger partial charge in [0.25, 0.3) is 5.56 Å². The van der Waals surface area contributed by atoms with Crippen LogP contribution in [0.3, 0.4) is 0 Å². The van der Waals surface area contributed by atoms with Crippen molar-refractivity contribution in [1.29, 1.82) is 0 Å². The Labute approximate surface area is 133 Å². The number of H-pyrrole nitrogens is 1. The second-order valence-electron chi connectivity index (χ2n) is 5.24. The molecule has 2 rings (SSSR count). The molecule has 0 spiro atoms. The Morgan fingerprint density at radius 1 is 1.61 bits per heavy atom. The number of likely N-dealkylation sites (N-methyl/N-ethyl adjacent to an activating group) is 1. The molecule has 1 aromatic heterocycles. The van der Waals surface area contributed by atoms with E-state index >= 15 is 0 Å². The lowest BCUT2D eigenvalue weighted by Crippen LogP contribution is -2.41. The number of aromatic nitrogens is 2. The molecule has 2 heterocycles. The Morgan fingerprint density at radius 3 is 2.91 bits per heavy atom. The molecule has 0 aromatic carbocycles. The molecule has 0 radical (unpaired) electrons. The maximum atomic E-state index is 12.1. The number of aryl methyl sites for hydroxylation is 1. The first-order chi connectivity index (χ1) is 11.3. The van der Waals surface area contributed by atoms with E-state index < -0.39 is 48.1 Å². The van der Waals surface area contributed by atoms with Crippen molar-refractivity contribution in [1.82, 2.24) is 14.9 Å². The molecule has 23 heavy (non-hydrogen) atoms. The quantitative estimate of drug-likeness (QED) is 0.614. The van der Waals surface area contributed by atoms with Crippen molar-refractivity contribution in [2.24, 2.45) is 0 Å². The maximum absolute atomic E-state index is 12.1. The van der Waals surface area contributed by atoms with E-state index in [9.17, 15) is 19.5 Å². The predicted octanol–water partition coefficient (Wildman–Crippen LogP) is -1.36. The summed E-state index contributed by atoms with van der Waals surface area (Å²) in [5.74, 6) is -0.409. The van der Waals surface area contributed by atoms with E-state index in [4.69, 9.17) is 10.8 Å². The number of hydrogen-bond acceptors (Lipinski definition) is 6. The third kappa shape index (κ3) is 3.52. The van der Waals surface area contributed by atoms with E-state index in [-0.39, 0.29) is 12.2 Å². The van der Waals surface area contributed by atoms with Gasteiger partial charge in [-0.1, -0.05) is 6.92 Å². The lowest BCUT2D eigenvalue weighted by atomic mass is 10.1. The number of nitrogens with zero attached hydrogens (tertiary/aromatic N) is 1. The number of aliphatic hydroxyl groups is 1. The fraction of sp³-hybridized carbons (Fsp3) is 0.643. The number of carbonyl (C=O) groups is 1. The van der Waals surface area contributed by atoms with E-state index in [1.54, 1.807) is 0 Å². The van der Waals surface area contributed by atoms with E-state index in [1.165, 1.54) is 27.1 Å². The van der Waals surface area contributed by atoms with Gasteiger partial charge < -0.3 is 19.9 Å². The van der Waals surface area contributed by atoms with Crippen molar-refractivity contribution < 1.29 is 20.7 Å². The SMILES string of the molecule is [2H][C@@H](C)[C@H]1O[C@@H](n2cc(C)c(=O)[nH]c2=O)[C@H](OCC(=O)NC)[C@@H]1O. The highest BCUT2D eigenvalue weighted by Gasteiger charge is 2.45. The molecule has 3 N–H and O–H groups in total. The zero-order valence-corrected chi connectivity index (χ0v) is 13.1. The number of carbonyl (C=O) groups excluding carboxylic acids is 1. The highest BCUT2D eigenvalue weighted by molar-refractivity contribution is 5.76. The third-order valence-electron chi connectivity index (χ3n) is 3.69. The van der Waals surface area contributed by atoms with Crippen LogP contribution in [0, 0.1) is 6.92 Å². The van der Waals surface area contributed by atoms with Gasteiger partial charge in [-0.3, -0.25) is 19.1 Å². The molecule has 1 aliphatic heterocycles. The molecule has 0 bridgehead atoms. The van der Waals surface area contributed by atoms with Gasteiger partial charge in [0.2, 0.25) is 5.91 Å². The minimum absolute atomic E-state index is 0.278.